The fraction of sp³-hybridized carbons (Fsp3) is 0.316. The van der Waals surface area contributed by atoms with Crippen LogP contribution in [-0.2, 0) is 6.42 Å². The molecule has 2 atom stereocenters. The van der Waals surface area contributed by atoms with Crippen molar-refractivity contribution in [3.05, 3.63) is 65.2 Å². The van der Waals surface area contributed by atoms with Gasteiger partial charge in [-0.2, -0.15) is 0 Å². The van der Waals surface area contributed by atoms with Crippen LogP contribution in [0.3, 0.4) is 0 Å². The minimum absolute atomic E-state index is 0. The number of fused-ring (bicyclic) bond motifs is 3. The van der Waals surface area contributed by atoms with Crippen LogP contribution >= 0.6 is 12.4 Å². The van der Waals surface area contributed by atoms with Gasteiger partial charge in [0.15, 0.2) is 0 Å². The van der Waals surface area contributed by atoms with Crippen LogP contribution in [0.1, 0.15) is 34.3 Å². The summed E-state index contributed by atoms with van der Waals surface area (Å²) in [4.78, 5) is 15.0. The van der Waals surface area contributed by atoms with E-state index in [1.54, 1.807) is 0 Å². The summed E-state index contributed by atoms with van der Waals surface area (Å²) in [6, 6.07) is 16.6. The van der Waals surface area contributed by atoms with E-state index < -0.39 is 0 Å². The Hall–Kier alpha value is -1.84. The van der Waals surface area contributed by atoms with E-state index >= 15 is 0 Å². The van der Waals surface area contributed by atoms with Gasteiger partial charge in [-0.25, -0.2) is 0 Å². The van der Waals surface area contributed by atoms with Crippen LogP contribution in [-0.4, -0.2) is 25.0 Å². The van der Waals surface area contributed by atoms with E-state index in [0.29, 0.717) is 5.92 Å². The lowest BCUT2D eigenvalue weighted by Gasteiger charge is -2.38. The Labute approximate surface area is 143 Å². The van der Waals surface area contributed by atoms with E-state index in [1.807, 2.05) is 41.3 Å². The summed E-state index contributed by atoms with van der Waals surface area (Å²) in [5.74, 6) is 0.521. The summed E-state index contributed by atoms with van der Waals surface area (Å²) in [6.07, 6.45) is 1.01. The Morgan fingerprint density at radius 3 is 2.65 bits per heavy atom. The van der Waals surface area contributed by atoms with Crippen molar-refractivity contribution < 1.29 is 4.79 Å². The highest BCUT2D eigenvalue weighted by Crippen LogP contribution is 2.38. The first-order valence-electron chi connectivity index (χ1n) is 8.01. The zero-order chi connectivity index (χ0) is 15.1. The molecule has 1 N–H and O–H groups in total. The van der Waals surface area contributed by atoms with Gasteiger partial charge >= 0.3 is 0 Å². The number of carbonyl (C=O) groups excluding carboxylic acids is 1. The number of hydrogen-bond donors (Lipinski definition) is 1. The molecule has 4 heteroatoms. The van der Waals surface area contributed by atoms with Crippen molar-refractivity contribution in [2.75, 3.05) is 18.0 Å². The summed E-state index contributed by atoms with van der Waals surface area (Å²) >= 11 is 0. The Morgan fingerprint density at radius 1 is 1.13 bits per heavy atom. The van der Waals surface area contributed by atoms with E-state index in [1.165, 1.54) is 11.1 Å². The third-order valence-corrected chi connectivity index (χ3v) is 4.92. The number of rotatable bonds is 2. The van der Waals surface area contributed by atoms with Crippen LogP contribution in [0.5, 0.6) is 0 Å². The standard InChI is InChI=1S/C19H20N2O.ClH/c1-2-13-8-9-15-16(10-13)17-11-20-12-18(17)21(19(15)22)14-6-4-3-5-7-14;/h3-10,17-18,20H,2,11-12H2,1H3;1H/t17-,18+;/m1./s1. The molecule has 4 rings (SSSR count). The highest BCUT2D eigenvalue weighted by atomic mass is 35.5. The summed E-state index contributed by atoms with van der Waals surface area (Å²) in [5, 5.41) is 3.47. The van der Waals surface area contributed by atoms with E-state index in [4.69, 9.17) is 0 Å². The lowest BCUT2D eigenvalue weighted by Crippen LogP contribution is -2.48. The number of carbonyl (C=O) groups is 1. The highest BCUT2D eigenvalue weighted by molar-refractivity contribution is 6.09. The van der Waals surface area contributed by atoms with Crippen molar-refractivity contribution in [1.82, 2.24) is 5.32 Å². The van der Waals surface area contributed by atoms with Crippen LogP contribution in [0, 0.1) is 0 Å². The van der Waals surface area contributed by atoms with Gasteiger partial charge in [0.25, 0.3) is 5.91 Å². The third kappa shape index (κ3) is 2.54. The van der Waals surface area contributed by atoms with Crippen molar-refractivity contribution in [2.45, 2.75) is 25.3 Å². The number of anilines is 1. The maximum absolute atomic E-state index is 13.1. The molecule has 2 aliphatic heterocycles. The minimum atomic E-state index is 0. The molecule has 0 aromatic heterocycles. The zero-order valence-corrected chi connectivity index (χ0v) is 14.0. The molecule has 1 fully saturated rings. The summed E-state index contributed by atoms with van der Waals surface area (Å²) in [6.45, 7) is 3.97. The molecular weight excluding hydrogens is 308 g/mol. The van der Waals surface area contributed by atoms with Crippen molar-refractivity contribution >= 4 is 24.0 Å². The average Bonchev–Trinajstić information content (AvgIpc) is 3.05. The fourth-order valence-electron chi connectivity index (χ4n) is 3.76. The summed E-state index contributed by atoms with van der Waals surface area (Å²) in [7, 11) is 0. The first-order valence-corrected chi connectivity index (χ1v) is 8.01. The summed E-state index contributed by atoms with van der Waals surface area (Å²) < 4.78 is 0. The van der Waals surface area contributed by atoms with Gasteiger partial charge in [-0.1, -0.05) is 37.3 Å². The number of nitrogens with zero attached hydrogens (tertiary/aromatic N) is 1. The normalized spacial score (nSPS) is 22.3. The molecule has 0 unspecified atom stereocenters. The Morgan fingerprint density at radius 2 is 1.91 bits per heavy atom. The predicted molar refractivity (Wildman–Crippen MR) is 95.7 cm³/mol. The number of nitrogens with one attached hydrogen (secondary N) is 1. The first kappa shape index (κ1) is 16.0. The Balaban J connectivity index is 0.00000156. The number of para-hydroxylation sites is 1. The van der Waals surface area contributed by atoms with Gasteiger partial charge in [-0.3, -0.25) is 4.79 Å². The fourth-order valence-corrected chi connectivity index (χ4v) is 3.76. The van der Waals surface area contributed by atoms with Crippen molar-refractivity contribution in [3.63, 3.8) is 0 Å². The van der Waals surface area contributed by atoms with Crippen LogP contribution in [0.25, 0.3) is 0 Å². The molecule has 2 aromatic rings. The molecule has 3 nitrogen and oxygen atoms in total. The number of benzene rings is 2. The van der Waals surface area contributed by atoms with E-state index in [0.717, 1.165) is 30.8 Å². The smallest absolute Gasteiger partial charge is 0.258 e. The molecule has 1 saturated heterocycles. The van der Waals surface area contributed by atoms with Crippen LogP contribution in [0.15, 0.2) is 48.5 Å². The molecule has 0 spiro atoms. The highest BCUT2D eigenvalue weighted by Gasteiger charge is 2.42. The van der Waals surface area contributed by atoms with Crippen LogP contribution in [0.4, 0.5) is 5.69 Å². The van der Waals surface area contributed by atoms with Gasteiger partial charge in [0, 0.05) is 30.3 Å². The van der Waals surface area contributed by atoms with Crippen LogP contribution in [0.2, 0.25) is 0 Å². The van der Waals surface area contributed by atoms with Crippen molar-refractivity contribution in [1.29, 1.82) is 0 Å². The number of aryl methyl sites for hydroxylation is 1. The molecule has 120 valence electrons. The number of amides is 1. The first-order chi connectivity index (χ1) is 10.8. The second-order valence-corrected chi connectivity index (χ2v) is 6.12. The zero-order valence-electron chi connectivity index (χ0n) is 13.2. The molecule has 23 heavy (non-hydrogen) atoms. The monoisotopic (exact) mass is 328 g/mol. The number of halogens is 1. The van der Waals surface area contributed by atoms with Crippen LogP contribution < -0.4 is 10.2 Å². The lowest BCUT2D eigenvalue weighted by molar-refractivity contribution is 0.0966. The molecule has 2 aromatic carbocycles. The van der Waals surface area contributed by atoms with E-state index in [9.17, 15) is 4.79 Å². The maximum atomic E-state index is 13.1. The second-order valence-electron chi connectivity index (χ2n) is 6.12. The third-order valence-electron chi connectivity index (χ3n) is 4.92. The maximum Gasteiger partial charge on any atom is 0.258 e. The molecule has 0 aliphatic carbocycles. The minimum Gasteiger partial charge on any atom is -0.314 e. The van der Waals surface area contributed by atoms with E-state index in [2.05, 4.69) is 24.4 Å². The van der Waals surface area contributed by atoms with Crippen molar-refractivity contribution in [3.8, 4) is 0 Å². The molecule has 1 amide bonds. The average molecular weight is 329 g/mol. The molecule has 0 radical (unpaired) electrons. The molecular formula is C19H21ClN2O. The molecule has 2 heterocycles. The number of hydrogen-bond acceptors (Lipinski definition) is 2. The largest absolute Gasteiger partial charge is 0.314 e. The molecule has 0 bridgehead atoms. The predicted octanol–water partition coefficient (Wildman–Crippen LogP) is 3.39. The quantitative estimate of drug-likeness (QED) is 0.916. The van der Waals surface area contributed by atoms with Gasteiger partial charge in [0.2, 0.25) is 0 Å². The van der Waals surface area contributed by atoms with Gasteiger partial charge in [-0.05, 0) is 35.7 Å². The second kappa shape index (κ2) is 6.34. The topological polar surface area (TPSA) is 32.3 Å². The Kier molecular flexibility index (Phi) is 4.42. The lowest BCUT2D eigenvalue weighted by atomic mass is 9.83. The molecule has 2 aliphatic rings. The summed E-state index contributed by atoms with van der Waals surface area (Å²) in [5.41, 5.74) is 4.40. The van der Waals surface area contributed by atoms with E-state index in [-0.39, 0.29) is 24.4 Å². The SMILES string of the molecule is CCc1ccc2c(c1)[C@H]1CNC[C@@H]1N(c1ccccc1)C2=O.Cl. The molecule has 0 saturated carbocycles. The van der Waals surface area contributed by atoms with Crippen molar-refractivity contribution in [2.24, 2.45) is 0 Å². The van der Waals surface area contributed by atoms with Gasteiger partial charge < -0.3 is 10.2 Å². The Bertz CT molecular complexity index is 717. The van der Waals surface area contributed by atoms with Gasteiger partial charge in [0.1, 0.15) is 0 Å². The van der Waals surface area contributed by atoms with Gasteiger partial charge in [0.05, 0.1) is 6.04 Å². The van der Waals surface area contributed by atoms with Gasteiger partial charge in [-0.15, -0.1) is 12.4 Å².